The van der Waals surface area contributed by atoms with Crippen LogP contribution in [0, 0.1) is 11.6 Å². The van der Waals surface area contributed by atoms with E-state index >= 15 is 0 Å². The zero-order chi connectivity index (χ0) is 20.3. The summed E-state index contributed by atoms with van der Waals surface area (Å²) in [6.45, 7) is 1.83. The number of hydrogen-bond donors (Lipinski definition) is 1. The van der Waals surface area contributed by atoms with Crippen LogP contribution in [0.5, 0.6) is 5.75 Å². The van der Waals surface area contributed by atoms with Crippen molar-refractivity contribution in [2.45, 2.75) is 30.3 Å². The molecule has 0 unspecified atom stereocenters. The summed E-state index contributed by atoms with van der Waals surface area (Å²) in [6, 6.07) is 8.33. The maximum Gasteiger partial charge on any atom is 0.240 e. The number of nitrogens with one attached hydrogen (secondary N) is 1. The summed E-state index contributed by atoms with van der Waals surface area (Å²) >= 11 is 3.30. The molecule has 0 amide bonds. The average Bonchev–Trinajstić information content (AvgIpc) is 2.66. The van der Waals surface area contributed by atoms with Crippen molar-refractivity contribution in [3.8, 4) is 5.75 Å². The molecule has 1 fully saturated rings. The molecule has 28 heavy (non-hydrogen) atoms. The number of rotatable bonds is 6. The van der Waals surface area contributed by atoms with Crippen molar-refractivity contribution < 1.29 is 21.9 Å². The maximum atomic E-state index is 13.3. The van der Waals surface area contributed by atoms with Crippen molar-refractivity contribution in [3.05, 3.63) is 58.1 Å². The average molecular weight is 475 g/mol. The van der Waals surface area contributed by atoms with Crippen molar-refractivity contribution in [2.24, 2.45) is 0 Å². The van der Waals surface area contributed by atoms with Gasteiger partial charge in [-0.15, -0.1) is 0 Å². The topological polar surface area (TPSA) is 58.6 Å². The molecule has 0 spiro atoms. The molecule has 1 aliphatic rings. The number of benzene rings is 2. The van der Waals surface area contributed by atoms with Gasteiger partial charge in [0.25, 0.3) is 0 Å². The van der Waals surface area contributed by atoms with Gasteiger partial charge in [0.1, 0.15) is 5.75 Å². The summed E-state index contributed by atoms with van der Waals surface area (Å²) in [7, 11) is -2.12. The summed E-state index contributed by atoms with van der Waals surface area (Å²) in [4.78, 5) is 2.27. The van der Waals surface area contributed by atoms with Crippen LogP contribution in [0.3, 0.4) is 0 Å². The smallest absolute Gasteiger partial charge is 0.240 e. The van der Waals surface area contributed by atoms with Gasteiger partial charge in [-0.2, -0.15) is 0 Å². The summed E-state index contributed by atoms with van der Waals surface area (Å²) in [5.41, 5.74) is 0.695. The Morgan fingerprint density at radius 1 is 1.14 bits per heavy atom. The maximum absolute atomic E-state index is 13.3. The third-order valence-electron chi connectivity index (χ3n) is 4.73. The van der Waals surface area contributed by atoms with Crippen LogP contribution in [0.15, 0.2) is 45.8 Å². The lowest BCUT2D eigenvalue weighted by Gasteiger charge is -2.32. The zero-order valence-corrected chi connectivity index (χ0v) is 17.7. The third kappa shape index (κ3) is 5.08. The number of nitrogens with zero attached hydrogens (tertiary/aromatic N) is 1. The van der Waals surface area contributed by atoms with E-state index in [0.29, 0.717) is 48.3 Å². The minimum atomic E-state index is -3.64. The van der Waals surface area contributed by atoms with Gasteiger partial charge < -0.3 is 4.74 Å². The minimum absolute atomic E-state index is 0.171. The number of sulfonamides is 1. The molecule has 2 aromatic carbocycles. The SMILES string of the molecule is COc1ccc(S(=O)(=O)NC2CCN(Cc3ccc(F)c(F)c3)CC2)cc1Br. The van der Waals surface area contributed by atoms with Gasteiger partial charge in [0.2, 0.25) is 10.0 Å². The van der Waals surface area contributed by atoms with Gasteiger partial charge in [-0.1, -0.05) is 6.07 Å². The Bertz CT molecular complexity index is 948. The molecule has 1 saturated heterocycles. The molecule has 2 aromatic rings. The van der Waals surface area contributed by atoms with Crippen LogP contribution >= 0.6 is 15.9 Å². The van der Waals surface area contributed by atoms with Gasteiger partial charge in [-0.25, -0.2) is 21.9 Å². The molecule has 5 nitrogen and oxygen atoms in total. The number of hydrogen-bond acceptors (Lipinski definition) is 4. The molecule has 152 valence electrons. The molecule has 1 N–H and O–H groups in total. The fourth-order valence-corrected chi connectivity index (χ4v) is 5.23. The van der Waals surface area contributed by atoms with Crippen molar-refractivity contribution in [2.75, 3.05) is 20.2 Å². The van der Waals surface area contributed by atoms with Gasteiger partial charge in [0.15, 0.2) is 11.6 Å². The van der Waals surface area contributed by atoms with E-state index in [1.54, 1.807) is 12.1 Å². The highest BCUT2D eigenvalue weighted by Crippen LogP contribution is 2.28. The highest BCUT2D eigenvalue weighted by atomic mass is 79.9. The van der Waals surface area contributed by atoms with E-state index in [-0.39, 0.29) is 10.9 Å². The quantitative estimate of drug-likeness (QED) is 0.693. The van der Waals surface area contributed by atoms with Gasteiger partial charge in [-0.3, -0.25) is 4.90 Å². The minimum Gasteiger partial charge on any atom is -0.496 e. The number of likely N-dealkylation sites (tertiary alicyclic amines) is 1. The summed E-state index contributed by atoms with van der Waals surface area (Å²) < 4.78 is 60.1. The second-order valence-electron chi connectivity index (χ2n) is 6.72. The first-order chi connectivity index (χ1) is 13.3. The van der Waals surface area contributed by atoms with E-state index in [0.717, 1.165) is 6.07 Å². The Kier molecular flexibility index (Phi) is 6.69. The van der Waals surface area contributed by atoms with E-state index in [4.69, 9.17) is 4.74 Å². The van der Waals surface area contributed by atoms with Crippen molar-refractivity contribution in [3.63, 3.8) is 0 Å². The molecule has 3 rings (SSSR count). The van der Waals surface area contributed by atoms with E-state index < -0.39 is 21.7 Å². The van der Waals surface area contributed by atoms with E-state index in [1.807, 2.05) is 0 Å². The van der Waals surface area contributed by atoms with Crippen LogP contribution in [0.1, 0.15) is 18.4 Å². The molecule has 0 aliphatic carbocycles. The lowest BCUT2D eigenvalue weighted by Crippen LogP contribution is -2.44. The molecule has 1 heterocycles. The monoisotopic (exact) mass is 474 g/mol. The highest BCUT2D eigenvalue weighted by Gasteiger charge is 2.25. The predicted molar refractivity (Wildman–Crippen MR) is 106 cm³/mol. The van der Waals surface area contributed by atoms with Crippen molar-refractivity contribution in [1.29, 1.82) is 0 Å². The molecule has 1 aliphatic heterocycles. The number of piperidine rings is 1. The first kappa shape index (κ1) is 21.2. The van der Waals surface area contributed by atoms with Crippen LogP contribution < -0.4 is 9.46 Å². The lowest BCUT2D eigenvalue weighted by atomic mass is 10.1. The first-order valence-corrected chi connectivity index (χ1v) is 11.1. The van der Waals surface area contributed by atoms with Gasteiger partial charge >= 0.3 is 0 Å². The van der Waals surface area contributed by atoms with Crippen LogP contribution in [-0.4, -0.2) is 39.6 Å². The molecule has 0 radical (unpaired) electrons. The van der Waals surface area contributed by atoms with Crippen molar-refractivity contribution in [1.82, 2.24) is 9.62 Å². The highest BCUT2D eigenvalue weighted by molar-refractivity contribution is 9.10. The summed E-state index contributed by atoms with van der Waals surface area (Å²) in [5, 5.41) is 0. The van der Waals surface area contributed by atoms with Crippen molar-refractivity contribution >= 4 is 26.0 Å². The molecule has 0 atom stereocenters. The van der Waals surface area contributed by atoms with E-state index in [1.165, 1.54) is 25.3 Å². The molecule has 9 heteroatoms. The third-order valence-corrected chi connectivity index (χ3v) is 6.87. The number of ether oxygens (including phenoxy) is 1. The predicted octanol–water partition coefficient (Wildman–Crippen LogP) is 3.68. The van der Waals surface area contributed by atoms with Crippen LogP contribution in [0.4, 0.5) is 8.78 Å². The number of methoxy groups -OCH3 is 1. The fraction of sp³-hybridized carbons (Fsp3) is 0.368. The molecular formula is C19H21BrF2N2O3S. The van der Waals surface area contributed by atoms with Gasteiger partial charge in [0, 0.05) is 25.7 Å². The van der Waals surface area contributed by atoms with Crippen LogP contribution in [0.2, 0.25) is 0 Å². The van der Waals surface area contributed by atoms with E-state index in [9.17, 15) is 17.2 Å². The van der Waals surface area contributed by atoms with Crippen LogP contribution in [-0.2, 0) is 16.6 Å². The van der Waals surface area contributed by atoms with Gasteiger partial charge in [0.05, 0.1) is 16.5 Å². The zero-order valence-electron chi connectivity index (χ0n) is 15.3. The summed E-state index contributed by atoms with van der Waals surface area (Å²) in [6.07, 6.45) is 1.28. The van der Waals surface area contributed by atoms with Crippen LogP contribution in [0.25, 0.3) is 0 Å². The Morgan fingerprint density at radius 3 is 2.46 bits per heavy atom. The Hall–Kier alpha value is -1.55. The lowest BCUT2D eigenvalue weighted by molar-refractivity contribution is 0.199. The Balaban J connectivity index is 1.57. The summed E-state index contributed by atoms with van der Waals surface area (Å²) in [5.74, 6) is -1.16. The Morgan fingerprint density at radius 2 is 1.86 bits per heavy atom. The largest absolute Gasteiger partial charge is 0.496 e. The standard InChI is InChI=1S/C19H21BrF2N2O3S/c1-27-19-5-3-15(11-16(19)20)28(25,26)23-14-6-8-24(9-7-14)12-13-2-4-17(21)18(22)10-13/h2-5,10-11,14,23H,6-9,12H2,1H3. The molecule has 0 bridgehead atoms. The Labute approximate surface area is 171 Å². The second kappa shape index (κ2) is 8.86. The second-order valence-corrected chi connectivity index (χ2v) is 9.28. The molecule has 0 aromatic heterocycles. The normalized spacial score (nSPS) is 16.3. The van der Waals surface area contributed by atoms with Gasteiger partial charge in [-0.05, 0) is 64.7 Å². The number of halogens is 3. The molecule has 0 saturated carbocycles. The first-order valence-electron chi connectivity index (χ1n) is 8.80. The van der Waals surface area contributed by atoms with E-state index in [2.05, 4.69) is 25.6 Å². The molecular weight excluding hydrogens is 454 g/mol. The fourth-order valence-electron chi connectivity index (χ4n) is 3.21.